The van der Waals surface area contributed by atoms with Crippen molar-refractivity contribution in [2.75, 3.05) is 13.2 Å². The summed E-state index contributed by atoms with van der Waals surface area (Å²) in [6, 6.07) is 0. The fourth-order valence-electron chi connectivity index (χ4n) is 0.463. The third-order valence-corrected chi connectivity index (χ3v) is 1.43. The average molecular weight is 443 g/mol. The van der Waals surface area contributed by atoms with E-state index in [1.807, 2.05) is 13.8 Å². The predicted octanol–water partition coefficient (Wildman–Crippen LogP) is 2.67. The highest BCUT2D eigenvalue weighted by Gasteiger charge is 2.04. The molecule has 0 aliphatic carbocycles. The fraction of sp³-hybridized carbons (Fsp3) is 0.889. The van der Waals surface area contributed by atoms with Crippen molar-refractivity contribution in [3.05, 3.63) is 0 Å². The van der Waals surface area contributed by atoms with Crippen LogP contribution >= 0.6 is 45.2 Å². The summed E-state index contributed by atoms with van der Waals surface area (Å²) in [7, 11) is 0. The lowest BCUT2D eigenvalue weighted by Gasteiger charge is -2.08. The summed E-state index contributed by atoms with van der Waals surface area (Å²) in [6.07, 6.45) is 0.997. The standard InChI is InChI=1S/C7H15NO3.C2H4I2/c1-3-6(2)4-10-7(9)5-11-8;1-2(3)4/h6H,3-5,8H2,1-2H3;2H,1H3. The van der Waals surface area contributed by atoms with Gasteiger partial charge in [-0.1, -0.05) is 65.5 Å². The van der Waals surface area contributed by atoms with Crippen LogP contribution in [0.5, 0.6) is 0 Å². The topological polar surface area (TPSA) is 61.5 Å². The number of alkyl halides is 2. The van der Waals surface area contributed by atoms with E-state index in [1.54, 1.807) is 0 Å². The van der Waals surface area contributed by atoms with E-state index in [0.717, 1.165) is 8.35 Å². The summed E-state index contributed by atoms with van der Waals surface area (Å²) in [5.41, 5.74) is 0. The quantitative estimate of drug-likeness (QED) is 0.308. The molecule has 1 atom stereocenters. The molecule has 15 heavy (non-hydrogen) atoms. The monoisotopic (exact) mass is 443 g/mol. The minimum absolute atomic E-state index is 0.170. The van der Waals surface area contributed by atoms with Crippen LogP contribution in [0.3, 0.4) is 0 Å². The average Bonchev–Trinajstić information content (AvgIpc) is 2.14. The summed E-state index contributed by atoms with van der Waals surface area (Å²) >= 11 is 4.66. The van der Waals surface area contributed by atoms with E-state index in [-0.39, 0.29) is 6.61 Å². The molecule has 1 unspecified atom stereocenters. The van der Waals surface area contributed by atoms with Crippen molar-refractivity contribution in [3.63, 3.8) is 0 Å². The molecule has 0 aromatic rings. The number of hydrogen-bond donors (Lipinski definition) is 1. The van der Waals surface area contributed by atoms with Gasteiger partial charge in [0.1, 0.15) is 0 Å². The van der Waals surface area contributed by atoms with Crippen LogP contribution in [0.15, 0.2) is 0 Å². The van der Waals surface area contributed by atoms with Crippen molar-refractivity contribution in [2.45, 2.75) is 29.1 Å². The van der Waals surface area contributed by atoms with Crippen molar-refractivity contribution in [3.8, 4) is 0 Å². The minimum Gasteiger partial charge on any atom is -0.464 e. The molecule has 6 heteroatoms. The molecule has 0 rings (SSSR count). The van der Waals surface area contributed by atoms with Crippen molar-refractivity contribution in [2.24, 2.45) is 11.8 Å². The summed E-state index contributed by atoms with van der Waals surface area (Å²) in [4.78, 5) is 14.7. The first-order valence-corrected chi connectivity index (χ1v) is 7.18. The largest absolute Gasteiger partial charge is 0.464 e. The van der Waals surface area contributed by atoms with Gasteiger partial charge in [0.2, 0.25) is 0 Å². The van der Waals surface area contributed by atoms with E-state index >= 15 is 0 Å². The lowest BCUT2D eigenvalue weighted by molar-refractivity contribution is -0.150. The van der Waals surface area contributed by atoms with Gasteiger partial charge in [-0.25, -0.2) is 10.7 Å². The summed E-state index contributed by atoms with van der Waals surface area (Å²) in [6.45, 7) is 6.46. The highest BCUT2D eigenvalue weighted by molar-refractivity contribution is 14.2. The van der Waals surface area contributed by atoms with E-state index in [4.69, 9.17) is 4.74 Å². The van der Waals surface area contributed by atoms with Gasteiger partial charge in [0.25, 0.3) is 0 Å². The maximum Gasteiger partial charge on any atom is 0.334 e. The number of nitrogens with two attached hydrogens (primary N) is 1. The Morgan fingerprint density at radius 2 is 1.87 bits per heavy atom. The first-order valence-electron chi connectivity index (χ1n) is 4.69. The van der Waals surface area contributed by atoms with E-state index in [2.05, 4.69) is 62.8 Å². The Balaban J connectivity index is 0. The van der Waals surface area contributed by atoms with Crippen LogP contribution in [0.25, 0.3) is 0 Å². The maximum atomic E-state index is 10.6. The van der Waals surface area contributed by atoms with Crippen LogP contribution in [-0.2, 0) is 14.4 Å². The Bertz CT molecular complexity index is 154. The van der Waals surface area contributed by atoms with Crippen LogP contribution in [-0.4, -0.2) is 21.1 Å². The van der Waals surface area contributed by atoms with Gasteiger partial charge in [-0.3, -0.25) is 4.84 Å². The molecular weight excluding hydrogens is 424 g/mol. The maximum absolute atomic E-state index is 10.6. The molecule has 0 radical (unpaired) electrons. The molecule has 0 aromatic heterocycles. The number of carbonyl (C=O) groups is 1. The van der Waals surface area contributed by atoms with Crippen molar-refractivity contribution < 1.29 is 14.4 Å². The van der Waals surface area contributed by atoms with Gasteiger partial charge in [-0.15, -0.1) is 0 Å². The summed E-state index contributed by atoms with van der Waals surface area (Å²) in [5, 5.41) is 0. The normalized spacial score (nSPS) is 11.7. The minimum atomic E-state index is -0.409. The molecule has 0 saturated carbocycles. The second-order valence-electron chi connectivity index (χ2n) is 3.03. The van der Waals surface area contributed by atoms with E-state index in [0.29, 0.717) is 12.5 Å². The molecule has 0 aromatic carbocycles. The number of ether oxygens (including phenoxy) is 1. The van der Waals surface area contributed by atoms with Gasteiger partial charge in [0.05, 0.1) is 8.54 Å². The highest BCUT2D eigenvalue weighted by Crippen LogP contribution is 2.05. The smallest absolute Gasteiger partial charge is 0.334 e. The molecule has 0 spiro atoms. The number of esters is 1. The molecule has 0 fully saturated rings. The zero-order valence-electron chi connectivity index (χ0n) is 9.33. The Morgan fingerprint density at radius 3 is 2.20 bits per heavy atom. The first kappa shape index (κ1) is 18.2. The molecular formula is C9H19I2NO3. The van der Waals surface area contributed by atoms with Crippen LogP contribution in [0.2, 0.25) is 0 Å². The van der Waals surface area contributed by atoms with Gasteiger partial charge in [-0.05, 0) is 12.8 Å². The fourth-order valence-corrected chi connectivity index (χ4v) is 0.463. The van der Waals surface area contributed by atoms with Crippen LogP contribution in [0.4, 0.5) is 0 Å². The lowest BCUT2D eigenvalue weighted by Crippen LogP contribution is -2.18. The van der Waals surface area contributed by atoms with E-state index < -0.39 is 5.97 Å². The van der Waals surface area contributed by atoms with Gasteiger partial charge in [0.15, 0.2) is 6.61 Å². The van der Waals surface area contributed by atoms with Crippen molar-refractivity contribution in [1.82, 2.24) is 0 Å². The Hall–Kier alpha value is 0.850. The second-order valence-corrected chi connectivity index (χ2v) is 9.15. The third-order valence-electron chi connectivity index (χ3n) is 1.43. The molecule has 0 amide bonds. The third kappa shape index (κ3) is 20.8. The number of carbonyl (C=O) groups excluding carboxylic acids is 1. The molecule has 92 valence electrons. The first-order chi connectivity index (χ1) is 6.93. The molecule has 4 nitrogen and oxygen atoms in total. The van der Waals surface area contributed by atoms with Gasteiger partial charge in [-0.2, -0.15) is 0 Å². The Morgan fingerprint density at radius 1 is 1.40 bits per heavy atom. The van der Waals surface area contributed by atoms with Gasteiger partial charge < -0.3 is 4.74 Å². The van der Waals surface area contributed by atoms with Crippen molar-refractivity contribution in [1.29, 1.82) is 0 Å². The zero-order chi connectivity index (χ0) is 12.3. The Labute approximate surface area is 119 Å². The molecule has 0 bridgehead atoms. The number of hydrogen-bond acceptors (Lipinski definition) is 4. The molecule has 0 aliphatic rings. The predicted molar refractivity (Wildman–Crippen MR) is 78.1 cm³/mol. The molecule has 0 heterocycles. The second kappa shape index (κ2) is 12.9. The molecule has 0 aliphatic heterocycles. The lowest BCUT2D eigenvalue weighted by atomic mass is 10.1. The van der Waals surface area contributed by atoms with Crippen LogP contribution < -0.4 is 5.90 Å². The van der Waals surface area contributed by atoms with Crippen molar-refractivity contribution >= 4 is 51.2 Å². The summed E-state index contributed by atoms with van der Waals surface area (Å²) in [5.74, 6) is 4.66. The van der Waals surface area contributed by atoms with Crippen LogP contribution in [0.1, 0.15) is 27.2 Å². The highest BCUT2D eigenvalue weighted by atomic mass is 127. The van der Waals surface area contributed by atoms with Gasteiger partial charge >= 0.3 is 5.97 Å². The number of halogens is 2. The number of rotatable bonds is 5. The van der Waals surface area contributed by atoms with Gasteiger partial charge in [0, 0.05) is 0 Å². The SMILES string of the molecule is CC(I)I.CCC(C)COC(=O)CON. The van der Waals surface area contributed by atoms with E-state index in [1.165, 1.54) is 0 Å². The molecule has 2 N–H and O–H groups in total. The molecule has 0 saturated heterocycles. The van der Waals surface area contributed by atoms with E-state index in [9.17, 15) is 4.79 Å². The zero-order valence-corrected chi connectivity index (χ0v) is 13.6. The van der Waals surface area contributed by atoms with Crippen LogP contribution in [0, 0.1) is 5.92 Å². The summed E-state index contributed by atoms with van der Waals surface area (Å²) < 4.78 is 5.56. The Kier molecular flexibility index (Phi) is 15.7.